The van der Waals surface area contributed by atoms with Crippen molar-refractivity contribution in [3.63, 3.8) is 0 Å². The van der Waals surface area contributed by atoms with Gasteiger partial charge in [-0.3, -0.25) is 14.9 Å². The molecule has 0 aromatic carbocycles. The quantitative estimate of drug-likeness (QED) is 0.492. The number of carbonyl (C=O) groups is 1. The van der Waals surface area contributed by atoms with Crippen LogP contribution in [0.4, 0.5) is 5.69 Å². The second-order valence-electron chi connectivity index (χ2n) is 5.38. The van der Waals surface area contributed by atoms with Crippen molar-refractivity contribution in [1.82, 2.24) is 15.2 Å². The lowest BCUT2D eigenvalue weighted by Crippen LogP contribution is -2.45. The van der Waals surface area contributed by atoms with Gasteiger partial charge in [0.05, 0.1) is 10.5 Å². The monoisotopic (exact) mass is 314 g/mol. The van der Waals surface area contributed by atoms with Crippen LogP contribution < -0.4 is 5.32 Å². The predicted molar refractivity (Wildman–Crippen MR) is 80.5 cm³/mol. The summed E-state index contributed by atoms with van der Waals surface area (Å²) >= 11 is 5.86. The van der Waals surface area contributed by atoms with E-state index in [2.05, 4.69) is 10.3 Å². The molecular weight excluding hydrogens is 296 g/mol. The largest absolute Gasteiger partial charge is 0.348 e. The molecule has 1 atom stereocenters. The molecule has 1 aromatic rings. The van der Waals surface area contributed by atoms with Gasteiger partial charge in [-0.1, -0.05) is 25.4 Å². The minimum Gasteiger partial charge on any atom is -0.348 e. The highest BCUT2D eigenvalue weighted by Crippen LogP contribution is 2.19. The summed E-state index contributed by atoms with van der Waals surface area (Å²) in [5.74, 6) is -0.251. The van der Waals surface area contributed by atoms with E-state index in [1.54, 1.807) is 0 Å². The summed E-state index contributed by atoms with van der Waals surface area (Å²) in [7, 11) is 3.81. The number of hydrogen-bond acceptors (Lipinski definition) is 5. The average Bonchev–Trinajstić information content (AvgIpc) is 2.37. The zero-order chi connectivity index (χ0) is 16.2. The van der Waals surface area contributed by atoms with E-state index in [4.69, 9.17) is 11.6 Å². The van der Waals surface area contributed by atoms with Crippen molar-refractivity contribution in [3.8, 4) is 0 Å². The number of nitrogens with one attached hydrogen (secondary N) is 1. The standard InChI is InChI=1S/C13H19ClN4O3/c1-8(2)11(7-17(3)4)16-13(19)10-5-9(18(20)21)6-15-12(10)14/h5-6,8,11H,7H2,1-4H3,(H,16,19). The number of aromatic nitrogens is 1. The van der Waals surface area contributed by atoms with Gasteiger partial charge in [-0.2, -0.15) is 0 Å². The van der Waals surface area contributed by atoms with Crippen LogP contribution >= 0.6 is 11.6 Å². The molecule has 0 radical (unpaired) electrons. The molecule has 0 saturated carbocycles. The topological polar surface area (TPSA) is 88.4 Å². The number of amides is 1. The third-order valence-corrected chi connectivity index (χ3v) is 3.26. The highest BCUT2D eigenvalue weighted by molar-refractivity contribution is 6.32. The Hall–Kier alpha value is -1.73. The second-order valence-corrected chi connectivity index (χ2v) is 5.73. The van der Waals surface area contributed by atoms with Gasteiger partial charge in [-0.05, 0) is 20.0 Å². The molecule has 0 aliphatic carbocycles. The highest BCUT2D eigenvalue weighted by Gasteiger charge is 2.22. The van der Waals surface area contributed by atoms with E-state index in [1.165, 1.54) is 0 Å². The fraction of sp³-hybridized carbons (Fsp3) is 0.538. The average molecular weight is 315 g/mol. The minimum atomic E-state index is -0.611. The van der Waals surface area contributed by atoms with Crippen LogP contribution in [-0.4, -0.2) is 47.4 Å². The number of rotatable bonds is 6. The lowest BCUT2D eigenvalue weighted by atomic mass is 10.0. The molecule has 0 spiro atoms. The molecule has 1 N–H and O–H groups in total. The smallest absolute Gasteiger partial charge is 0.288 e. The zero-order valence-corrected chi connectivity index (χ0v) is 13.2. The summed E-state index contributed by atoms with van der Waals surface area (Å²) < 4.78 is 0. The number of halogens is 1. The SMILES string of the molecule is CC(C)C(CN(C)C)NC(=O)c1cc([N+](=O)[O-])cnc1Cl. The first kappa shape index (κ1) is 17.3. The van der Waals surface area contributed by atoms with Crippen molar-refractivity contribution in [2.24, 2.45) is 5.92 Å². The lowest BCUT2D eigenvalue weighted by molar-refractivity contribution is -0.385. The van der Waals surface area contributed by atoms with E-state index in [0.717, 1.165) is 12.3 Å². The second kappa shape index (κ2) is 7.33. The Bertz CT molecular complexity index is 534. The van der Waals surface area contributed by atoms with Crippen LogP contribution in [0.5, 0.6) is 0 Å². The number of carbonyl (C=O) groups excluding carboxylic acids is 1. The molecule has 1 heterocycles. The van der Waals surface area contributed by atoms with E-state index >= 15 is 0 Å². The number of nitro groups is 1. The highest BCUT2D eigenvalue weighted by atomic mass is 35.5. The third kappa shape index (κ3) is 4.95. The minimum absolute atomic E-state index is 0.00951. The molecule has 0 aliphatic rings. The summed E-state index contributed by atoms with van der Waals surface area (Å²) in [5, 5.41) is 13.5. The van der Waals surface area contributed by atoms with E-state index in [0.29, 0.717) is 6.54 Å². The number of likely N-dealkylation sites (N-methyl/N-ethyl adjacent to an activating group) is 1. The molecule has 1 rings (SSSR count). The van der Waals surface area contributed by atoms with Gasteiger partial charge in [0.25, 0.3) is 11.6 Å². The van der Waals surface area contributed by atoms with Crippen LogP contribution in [0.3, 0.4) is 0 Å². The Morgan fingerprint density at radius 3 is 2.62 bits per heavy atom. The number of nitrogens with zero attached hydrogens (tertiary/aromatic N) is 3. The van der Waals surface area contributed by atoms with Crippen LogP contribution in [0, 0.1) is 16.0 Å². The predicted octanol–water partition coefficient (Wildman–Crippen LogP) is 1.96. The Morgan fingerprint density at radius 2 is 2.14 bits per heavy atom. The van der Waals surface area contributed by atoms with E-state index in [-0.39, 0.29) is 28.4 Å². The first-order chi connectivity index (χ1) is 9.72. The Morgan fingerprint density at radius 1 is 1.52 bits per heavy atom. The van der Waals surface area contributed by atoms with Gasteiger partial charge in [-0.15, -0.1) is 0 Å². The van der Waals surface area contributed by atoms with Gasteiger partial charge in [0.2, 0.25) is 0 Å². The molecule has 21 heavy (non-hydrogen) atoms. The van der Waals surface area contributed by atoms with Crippen LogP contribution in [-0.2, 0) is 0 Å². The summed E-state index contributed by atoms with van der Waals surface area (Å²) in [6.07, 6.45) is 1.03. The fourth-order valence-corrected chi connectivity index (χ4v) is 1.95. The summed E-state index contributed by atoms with van der Waals surface area (Å²) in [4.78, 5) is 28.0. The van der Waals surface area contributed by atoms with Crippen LogP contribution in [0.15, 0.2) is 12.3 Å². The van der Waals surface area contributed by atoms with Crippen LogP contribution in [0.2, 0.25) is 5.15 Å². The van der Waals surface area contributed by atoms with E-state index in [9.17, 15) is 14.9 Å². The molecule has 0 fully saturated rings. The summed E-state index contributed by atoms with van der Waals surface area (Å²) in [6, 6.07) is 1.04. The van der Waals surface area contributed by atoms with E-state index in [1.807, 2.05) is 32.8 Å². The number of hydrogen-bond donors (Lipinski definition) is 1. The fourth-order valence-electron chi connectivity index (χ4n) is 1.76. The molecule has 0 aliphatic heterocycles. The lowest BCUT2D eigenvalue weighted by Gasteiger charge is -2.25. The van der Waals surface area contributed by atoms with Gasteiger partial charge in [0.15, 0.2) is 0 Å². The van der Waals surface area contributed by atoms with Gasteiger partial charge in [0.1, 0.15) is 11.3 Å². The molecular formula is C13H19ClN4O3. The van der Waals surface area contributed by atoms with Crippen LogP contribution in [0.1, 0.15) is 24.2 Å². The number of pyridine rings is 1. The molecule has 8 heteroatoms. The summed E-state index contributed by atoms with van der Waals surface area (Å²) in [6.45, 7) is 4.63. The first-order valence-electron chi connectivity index (χ1n) is 6.48. The first-order valence-corrected chi connectivity index (χ1v) is 6.85. The zero-order valence-electron chi connectivity index (χ0n) is 12.5. The molecule has 1 unspecified atom stereocenters. The third-order valence-electron chi connectivity index (χ3n) is 2.96. The molecule has 1 aromatic heterocycles. The van der Waals surface area contributed by atoms with Crippen molar-refractivity contribution in [1.29, 1.82) is 0 Å². The maximum absolute atomic E-state index is 12.3. The van der Waals surface area contributed by atoms with Crippen LogP contribution in [0.25, 0.3) is 0 Å². The molecule has 116 valence electrons. The van der Waals surface area contributed by atoms with Crippen molar-refractivity contribution >= 4 is 23.2 Å². The molecule has 7 nitrogen and oxygen atoms in total. The van der Waals surface area contributed by atoms with Crippen molar-refractivity contribution in [2.75, 3.05) is 20.6 Å². The van der Waals surface area contributed by atoms with Crippen molar-refractivity contribution < 1.29 is 9.72 Å². The van der Waals surface area contributed by atoms with E-state index < -0.39 is 10.8 Å². The maximum atomic E-state index is 12.3. The van der Waals surface area contributed by atoms with Gasteiger partial charge in [0, 0.05) is 18.7 Å². The summed E-state index contributed by atoms with van der Waals surface area (Å²) in [5.41, 5.74) is -0.256. The Kier molecular flexibility index (Phi) is 6.04. The maximum Gasteiger partial charge on any atom is 0.288 e. The molecule has 1 amide bonds. The van der Waals surface area contributed by atoms with Crippen molar-refractivity contribution in [3.05, 3.63) is 33.1 Å². The molecule has 0 saturated heterocycles. The van der Waals surface area contributed by atoms with Crippen molar-refractivity contribution in [2.45, 2.75) is 19.9 Å². The normalized spacial score (nSPS) is 12.5. The van der Waals surface area contributed by atoms with Gasteiger partial charge >= 0.3 is 0 Å². The van der Waals surface area contributed by atoms with Gasteiger partial charge < -0.3 is 10.2 Å². The Balaban J connectivity index is 2.96. The van der Waals surface area contributed by atoms with Gasteiger partial charge in [-0.25, -0.2) is 4.98 Å². The molecule has 0 bridgehead atoms. The Labute approximate surface area is 128 Å².